The van der Waals surface area contributed by atoms with Crippen LogP contribution in [0.4, 0.5) is 4.39 Å². The highest BCUT2D eigenvalue weighted by Crippen LogP contribution is 2.53. The maximum absolute atomic E-state index is 13.1. The second-order valence-corrected chi connectivity index (χ2v) is 5.71. The average Bonchev–Trinajstić information content (AvgIpc) is 2.78. The van der Waals surface area contributed by atoms with Crippen LogP contribution >= 0.6 is 23.2 Å². The van der Waals surface area contributed by atoms with Gasteiger partial charge in [0.15, 0.2) is 11.5 Å². The summed E-state index contributed by atoms with van der Waals surface area (Å²) in [6, 6.07) is 9.75. The van der Waals surface area contributed by atoms with E-state index in [9.17, 15) is 4.39 Å². The lowest BCUT2D eigenvalue weighted by Gasteiger charge is -2.12. The molecule has 0 N–H and O–H groups in total. The van der Waals surface area contributed by atoms with E-state index < -0.39 is 5.38 Å². The summed E-state index contributed by atoms with van der Waals surface area (Å²) in [6.07, 6.45) is 0. The van der Waals surface area contributed by atoms with Crippen molar-refractivity contribution in [3.8, 4) is 11.5 Å². The molecule has 0 bridgehead atoms. The molecule has 2 nitrogen and oxygen atoms in total. The first-order valence-corrected chi connectivity index (χ1v) is 7.44. The number of alkyl halides is 1. The number of ether oxygens (including phenoxy) is 2. The molecule has 0 unspecified atom stereocenters. The van der Waals surface area contributed by atoms with E-state index in [1.54, 1.807) is 26.4 Å². The molecule has 0 saturated carbocycles. The molecule has 0 radical (unpaired) electrons. The van der Waals surface area contributed by atoms with E-state index in [0.29, 0.717) is 16.5 Å². The summed E-state index contributed by atoms with van der Waals surface area (Å²) >= 11 is 13.1. The lowest BCUT2D eigenvalue weighted by atomic mass is 10.0. The Hall–Kier alpha value is -1.71. The van der Waals surface area contributed by atoms with Gasteiger partial charge in [-0.2, -0.15) is 0 Å². The van der Waals surface area contributed by atoms with Gasteiger partial charge in [0.05, 0.1) is 24.6 Å². The van der Waals surface area contributed by atoms with Crippen molar-refractivity contribution in [2.24, 2.45) is 0 Å². The molecule has 1 aliphatic rings. The summed E-state index contributed by atoms with van der Waals surface area (Å²) in [5, 5.41) is 0.121. The normalized spacial score (nSPS) is 16.7. The Bertz CT molecular complexity index is 754. The topological polar surface area (TPSA) is 18.5 Å². The van der Waals surface area contributed by atoms with E-state index in [0.717, 1.165) is 22.3 Å². The third-order valence-corrected chi connectivity index (χ3v) is 4.57. The molecule has 2 aromatic rings. The maximum Gasteiger partial charge on any atom is 0.161 e. The highest BCUT2D eigenvalue weighted by Gasteiger charge is 2.31. The number of allylic oxidation sites excluding steroid dienone is 1. The summed E-state index contributed by atoms with van der Waals surface area (Å²) in [5.74, 6) is 0.880. The molecular weight excluding hydrogens is 326 g/mol. The van der Waals surface area contributed by atoms with E-state index in [1.807, 2.05) is 12.1 Å². The maximum atomic E-state index is 13.1. The Kier molecular flexibility index (Phi) is 4.02. The molecule has 0 amide bonds. The highest BCUT2D eigenvalue weighted by atomic mass is 35.5. The van der Waals surface area contributed by atoms with Crippen molar-refractivity contribution >= 4 is 33.8 Å². The van der Waals surface area contributed by atoms with Gasteiger partial charge in [-0.15, -0.1) is 11.6 Å². The number of halogens is 3. The number of rotatable bonds is 3. The van der Waals surface area contributed by atoms with Gasteiger partial charge >= 0.3 is 0 Å². The molecule has 0 spiro atoms. The SMILES string of the molecule is COc1cc2c(cc1OC)[C@H](Cl)C(c1ccc(F)cc1)=C2Cl. The molecule has 0 aliphatic heterocycles. The number of fused-ring (bicyclic) bond motifs is 1. The molecule has 1 atom stereocenters. The van der Waals surface area contributed by atoms with Gasteiger partial charge < -0.3 is 9.47 Å². The van der Waals surface area contributed by atoms with Gasteiger partial charge in [0, 0.05) is 11.1 Å². The number of hydrogen-bond acceptors (Lipinski definition) is 2. The van der Waals surface area contributed by atoms with E-state index in [-0.39, 0.29) is 5.82 Å². The molecule has 22 heavy (non-hydrogen) atoms. The Labute approximate surface area is 138 Å². The van der Waals surface area contributed by atoms with Crippen molar-refractivity contribution in [2.75, 3.05) is 14.2 Å². The zero-order valence-corrected chi connectivity index (χ0v) is 13.5. The van der Waals surface area contributed by atoms with Crippen molar-refractivity contribution in [3.05, 3.63) is 58.9 Å². The summed E-state index contributed by atoms with van der Waals surface area (Å²) in [6.45, 7) is 0. The summed E-state index contributed by atoms with van der Waals surface area (Å²) in [4.78, 5) is 0. The molecule has 0 fully saturated rings. The fourth-order valence-electron chi connectivity index (χ4n) is 2.61. The van der Waals surface area contributed by atoms with E-state index in [1.165, 1.54) is 12.1 Å². The van der Waals surface area contributed by atoms with Crippen LogP contribution in [0.3, 0.4) is 0 Å². The quantitative estimate of drug-likeness (QED) is 0.712. The van der Waals surface area contributed by atoms with E-state index >= 15 is 0 Å². The summed E-state index contributed by atoms with van der Waals surface area (Å²) in [5.41, 5.74) is 3.21. The van der Waals surface area contributed by atoms with Crippen molar-refractivity contribution in [1.29, 1.82) is 0 Å². The molecule has 5 heteroatoms. The molecule has 0 aromatic heterocycles. The Morgan fingerprint density at radius 2 is 1.59 bits per heavy atom. The Balaban J connectivity index is 2.14. The smallest absolute Gasteiger partial charge is 0.161 e. The van der Waals surface area contributed by atoms with Crippen LogP contribution in [0.5, 0.6) is 11.5 Å². The van der Waals surface area contributed by atoms with Crippen LogP contribution < -0.4 is 9.47 Å². The van der Waals surface area contributed by atoms with Gasteiger partial charge in [-0.3, -0.25) is 0 Å². The first-order chi connectivity index (χ1) is 10.6. The molecule has 3 rings (SSSR count). The zero-order chi connectivity index (χ0) is 15.9. The molecule has 0 saturated heterocycles. The van der Waals surface area contributed by atoms with Crippen molar-refractivity contribution in [1.82, 2.24) is 0 Å². The standard InChI is InChI=1S/C17H13Cl2FO2/c1-21-13-7-11-12(8-14(13)22-2)17(19)15(16(11)18)9-3-5-10(20)6-4-9/h3-8,16H,1-2H3/t16-/m0/s1. The molecule has 1 aliphatic carbocycles. The fraction of sp³-hybridized carbons (Fsp3) is 0.176. The first kappa shape index (κ1) is 15.2. The largest absolute Gasteiger partial charge is 0.493 e. The minimum absolute atomic E-state index is 0.301. The number of benzene rings is 2. The zero-order valence-electron chi connectivity index (χ0n) is 12.0. The average molecular weight is 339 g/mol. The van der Waals surface area contributed by atoms with Crippen LogP contribution in [0, 0.1) is 5.82 Å². The number of methoxy groups -OCH3 is 2. The fourth-order valence-corrected chi connectivity index (χ4v) is 3.46. The third kappa shape index (κ3) is 2.34. The minimum Gasteiger partial charge on any atom is -0.493 e. The van der Waals surface area contributed by atoms with Gasteiger partial charge in [-0.25, -0.2) is 4.39 Å². The molecule has 0 heterocycles. The first-order valence-electron chi connectivity index (χ1n) is 6.62. The predicted octanol–water partition coefficient (Wildman–Crippen LogP) is 5.24. The Morgan fingerprint density at radius 3 is 2.18 bits per heavy atom. The predicted molar refractivity (Wildman–Crippen MR) is 87.2 cm³/mol. The van der Waals surface area contributed by atoms with Gasteiger partial charge in [-0.05, 0) is 35.4 Å². The highest BCUT2D eigenvalue weighted by molar-refractivity contribution is 6.55. The summed E-state index contributed by atoms with van der Waals surface area (Å²) < 4.78 is 23.7. The van der Waals surface area contributed by atoms with Crippen LogP contribution in [-0.2, 0) is 0 Å². The lowest BCUT2D eigenvalue weighted by molar-refractivity contribution is 0.354. The van der Waals surface area contributed by atoms with Crippen molar-refractivity contribution in [2.45, 2.75) is 5.38 Å². The molecule has 114 valence electrons. The van der Waals surface area contributed by atoms with Gasteiger partial charge in [0.25, 0.3) is 0 Å². The van der Waals surface area contributed by atoms with E-state index in [2.05, 4.69) is 0 Å². The van der Waals surface area contributed by atoms with Crippen LogP contribution in [-0.4, -0.2) is 14.2 Å². The lowest BCUT2D eigenvalue weighted by Crippen LogP contribution is -1.95. The summed E-state index contributed by atoms with van der Waals surface area (Å²) in [7, 11) is 3.13. The van der Waals surface area contributed by atoms with Gasteiger partial charge in [-0.1, -0.05) is 23.7 Å². The molecule has 2 aromatic carbocycles. The van der Waals surface area contributed by atoms with E-state index in [4.69, 9.17) is 32.7 Å². The minimum atomic E-state index is -0.423. The van der Waals surface area contributed by atoms with Gasteiger partial charge in [0.2, 0.25) is 0 Å². The van der Waals surface area contributed by atoms with Crippen LogP contribution in [0.25, 0.3) is 10.6 Å². The Morgan fingerprint density at radius 1 is 1.00 bits per heavy atom. The van der Waals surface area contributed by atoms with Crippen LogP contribution in [0.15, 0.2) is 36.4 Å². The molecular formula is C17H13Cl2FO2. The third-order valence-electron chi connectivity index (χ3n) is 3.71. The monoisotopic (exact) mass is 338 g/mol. The number of hydrogen-bond donors (Lipinski definition) is 0. The van der Waals surface area contributed by atoms with Crippen LogP contribution in [0.2, 0.25) is 0 Å². The van der Waals surface area contributed by atoms with Crippen molar-refractivity contribution in [3.63, 3.8) is 0 Å². The van der Waals surface area contributed by atoms with Gasteiger partial charge in [0.1, 0.15) is 5.82 Å². The second kappa shape index (κ2) is 5.82. The van der Waals surface area contributed by atoms with Crippen LogP contribution in [0.1, 0.15) is 22.1 Å². The second-order valence-electron chi connectivity index (χ2n) is 4.89. The van der Waals surface area contributed by atoms with Crippen molar-refractivity contribution < 1.29 is 13.9 Å².